The van der Waals surface area contributed by atoms with Crippen LogP contribution < -0.4 is 0 Å². The van der Waals surface area contributed by atoms with Gasteiger partial charge in [-0.25, -0.2) is 0 Å². The Labute approximate surface area is 135 Å². The Morgan fingerprint density at radius 1 is 1.52 bits per heavy atom. The first-order valence-electron chi connectivity index (χ1n) is 8.16. The number of likely N-dealkylation sites (tertiary alicyclic amines) is 1. The van der Waals surface area contributed by atoms with Gasteiger partial charge in [-0.2, -0.15) is 5.10 Å². The number of carbonyl (C=O) groups excluding carboxylic acids is 1. The van der Waals surface area contributed by atoms with Crippen molar-refractivity contribution in [1.29, 1.82) is 0 Å². The van der Waals surface area contributed by atoms with E-state index in [4.69, 9.17) is 0 Å². The fourth-order valence-corrected chi connectivity index (χ4v) is 3.31. The van der Waals surface area contributed by atoms with Crippen LogP contribution >= 0.6 is 0 Å². The predicted octanol–water partition coefficient (Wildman–Crippen LogP) is 1.20. The van der Waals surface area contributed by atoms with E-state index in [2.05, 4.69) is 10.2 Å². The van der Waals surface area contributed by atoms with Gasteiger partial charge in [0, 0.05) is 25.7 Å². The number of carboxylic acid groups (broad SMARTS) is 1. The van der Waals surface area contributed by atoms with E-state index in [1.807, 2.05) is 6.92 Å². The summed E-state index contributed by atoms with van der Waals surface area (Å²) >= 11 is 0. The highest BCUT2D eigenvalue weighted by Crippen LogP contribution is 2.37. The average Bonchev–Trinajstić information content (AvgIpc) is 3.02. The molecule has 0 bridgehead atoms. The highest BCUT2D eigenvalue weighted by atomic mass is 16.4. The number of hydrogen-bond donors (Lipinski definition) is 3. The van der Waals surface area contributed by atoms with E-state index in [0.717, 1.165) is 12.0 Å². The van der Waals surface area contributed by atoms with E-state index in [1.54, 1.807) is 17.3 Å². The van der Waals surface area contributed by atoms with Crippen molar-refractivity contribution in [3.05, 3.63) is 18.0 Å². The van der Waals surface area contributed by atoms with E-state index in [0.29, 0.717) is 38.6 Å². The summed E-state index contributed by atoms with van der Waals surface area (Å²) in [6.07, 6.45) is 5.86. The molecule has 1 aromatic heterocycles. The number of aromatic amines is 1. The zero-order chi connectivity index (χ0) is 16.9. The van der Waals surface area contributed by atoms with Crippen molar-refractivity contribution in [1.82, 2.24) is 15.1 Å². The third-order valence-electron chi connectivity index (χ3n) is 4.74. The second kappa shape index (κ2) is 7.59. The fraction of sp³-hybridized carbons (Fsp3) is 0.688. The Hall–Kier alpha value is -1.89. The first-order valence-corrected chi connectivity index (χ1v) is 8.16. The molecule has 1 aromatic rings. The summed E-state index contributed by atoms with van der Waals surface area (Å²) in [7, 11) is 0. The summed E-state index contributed by atoms with van der Waals surface area (Å²) < 4.78 is 0. The van der Waals surface area contributed by atoms with Crippen LogP contribution in [0, 0.1) is 5.41 Å². The van der Waals surface area contributed by atoms with Crippen molar-refractivity contribution in [2.24, 2.45) is 5.41 Å². The summed E-state index contributed by atoms with van der Waals surface area (Å²) in [5.74, 6) is -0.984. The maximum atomic E-state index is 12.3. The molecule has 1 aliphatic rings. The van der Waals surface area contributed by atoms with Crippen LogP contribution in [0.3, 0.4) is 0 Å². The minimum absolute atomic E-state index is 0.0250. The summed E-state index contributed by atoms with van der Waals surface area (Å²) in [5, 5.41) is 26.4. The van der Waals surface area contributed by atoms with E-state index in [9.17, 15) is 19.8 Å². The zero-order valence-corrected chi connectivity index (χ0v) is 13.5. The summed E-state index contributed by atoms with van der Waals surface area (Å²) in [6.45, 7) is 2.41. The Bertz CT molecular complexity index is 531. The van der Waals surface area contributed by atoms with Crippen LogP contribution in [0.5, 0.6) is 0 Å². The smallest absolute Gasteiger partial charge is 0.312 e. The highest BCUT2D eigenvalue weighted by molar-refractivity contribution is 5.79. The van der Waals surface area contributed by atoms with Crippen molar-refractivity contribution in [2.45, 2.75) is 51.6 Å². The van der Waals surface area contributed by atoms with Crippen LogP contribution in [0.25, 0.3) is 0 Å². The number of aliphatic hydroxyl groups is 1. The fourth-order valence-electron chi connectivity index (χ4n) is 3.31. The van der Waals surface area contributed by atoms with Crippen molar-refractivity contribution in [3.63, 3.8) is 0 Å². The van der Waals surface area contributed by atoms with Crippen LogP contribution in [0.4, 0.5) is 0 Å². The first-order chi connectivity index (χ1) is 11.0. The number of aryl methyl sites for hydroxylation is 1. The molecule has 0 radical (unpaired) electrons. The molecule has 0 unspecified atom stereocenters. The van der Waals surface area contributed by atoms with Gasteiger partial charge < -0.3 is 15.1 Å². The average molecular weight is 323 g/mol. The molecule has 7 nitrogen and oxygen atoms in total. The van der Waals surface area contributed by atoms with E-state index >= 15 is 0 Å². The van der Waals surface area contributed by atoms with Crippen LogP contribution in [-0.2, 0) is 16.0 Å². The summed E-state index contributed by atoms with van der Waals surface area (Å²) in [4.78, 5) is 25.4. The third kappa shape index (κ3) is 3.90. The molecule has 0 aromatic carbocycles. The molecular weight excluding hydrogens is 298 g/mol. The summed E-state index contributed by atoms with van der Waals surface area (Å²) in [5.41, 5.74) is -0.0493. The first kappa shape index (κ1) is 17.5. The van der Waals surface area contributed by atoms with Gasteiger partial charge in [0.2, 0.25) is 5.91 Å². The van der Waals surface area contributed by atoms with E-state index in [-0.39, 0.29) is 12.5 Å². The maximum absolute atomic E-state index is 12.3. The Kier molecular flexibility index (Phi) is 5.76. The highest BCUT2D eigenvalue weighted by Gasteiger charge is 2.48. The number of amides is 1. The van der Waals surface area contributed by atoms with Gasteiger partial charge in [-0.1, -0.05) is 13.3 Å². The molecule has 2 atom stereocenters. The molecule has 1 fully saturated rings. The number of aliphatic hydroxyl groups excluding tert-OH is 1. The second-order valence-corrected chi connectivity index (χ2v) is 6.28. The lowest BCUT2D eigenvalue weighted by Gasteiger charge is -2.42. The molecule has 0 aliphatic carbocycles. The molecule has 2 heterocycles. The molecule has 7 heteroatoms. The number of nitrogens with zero attached hydrogens (tertiary/aromatic N) is 2. The zero-order valence-electron chi connectivity index (χ0n) is 13.5. The molecule has 23 heavy (non-hydrogen) atoms. The largest absolute Gasteiger partial charge is 0.481 e. The van der Waals surface area contributed by atoms with Crippen molar-refractivity contribution in [3.8, 4) is 0 Å². The number of hydrogen-bond acceptors (Lipinski definition) is 4. The molecule has 1 aliphatic heterocycles. The Balaban J connectivity index is 1.86. The van der Waals surface area contributed by atoms with Gasteiger partial charge in [0.25, 0.3) is 0 Å². The number of nitrogens with one attached hydrogen (secondary N) is 1. The predicted molar refractivity (Wildman–Crippen MR) is 83.7 cm³/mol. The van der Waals surface area contributed by atoms with Gasteiger partial charge >= 0.3 is 5.97 Å². The van der Waals surface area contributed by atoms with Gasteiger partial charge in [-0.05, 0) is 31.2 Å². The lowest BCUT2D eigenvalue weighted by atomic mass is 9.72. The number of β-amino-alcohol motifs (C(OH)–C–C–N with tert-alkyl or cyclic N) is 1. The minimum Gasteiger partial charge on any atom is -0.481 e. The number of aromatic nitrogens is 2. The van der Waals surface area contributed by atoms with E-state index < -0.39 is 17.5 Å². The van der Waals surface area contributed by atoms with Crippen LogP contribution in [0.1, 0.15) is 44.6 Å². The Morgan fingerprint density at radius 2 is 2.30 bits per heavy atom. The number of carbonyl (C=O) groups is 2. The number of rotatable bonds is 7. The SMILES string of the molecule is CCC[C@]1(C(=O)O)CCN(C(=O)CCCc2cn[nH]c2)C[C@H]1O. The lowest BCUT2D eigenvalue weighted by molar-refractivity contribution is -0.167. The molecule has 128 valence electrons. The number of H-pyrrole nitrogens is 1. The monoisotopic (exact) mass is 323 g/mol. The maximum Gasteiger partial charge on any atom is 0.312 e. The number of aliphatic carboxylic acids is 1. The Morgan fingerprint density at radius 3 is 2.87 bits per heavy atom. The van der Waals surface area contributed by atoms with Crippen LogP contribution in [0.2, 0.25) is 0 Å². The number of carboxylic acids is 1. The quantitative estimate of drug-likeness (QED) is 0.699. The standard InChI is InChI=1S/C16H25N3O4/c1-2-6-16(15(22)23)7-8-19(11-13(16)20)14(21)5-3-4-12-9-17-18-10-12/h9-10,13,20H,2-8,11H2,1H3,(H,17,18)(H,22,23)/t13-,16+/m1/s1. The molecule has 1 saturated heterocycles. The second-order valence-electron chi connectivity index (χ2n) is 6.28. The van der Waals surface area contributed by atoms with Gasteiger partial charge in [-0.3, -0.25) is 14.7 Å². The molecule has 0 saturated carbocycles. The molecule has 3 N–H and O–H groups in total. The lowest BCUT2D eigenvalue weighted by Crippen LogP contribution is -2.56. The van der Waals surface area contributed by atoms with Gasteiger partial charge in [-0.15, -0.1) is 0 Å². The normalized spacial score (nSPS) is 24.6. The molecular formula is C16H25N3O4. The molecule has 2 rings (SSSR count). The molecule has 0 spiro atoms. The number of piperidine rings is 1. The van der Waals surface area contributed by atoms with Crippen LogP contribution in [0.15, 0.2) is 12.4 Å². The molecule has 1 amide bonds. The third-order valence-corrected chi connectivity index (χ3v) is 4.74. The van der Waals surface area contributed by atoms with Gasteiger partial charge in [0.15, 0.2) is 0 Å². The van der Waals surface area contributed by atoms with Gasteiger partial charge in [0.1, 0.15) is 0 Å². The van der Waals surface area contributed by atoms with Crippen molar-refractivity contribution in [2.75, 3.05) is 13.1 Å². The minimum atomic E-state index is -1.11. The van der Waals surface area contributed by atoms with Crippen molar-refractivity contribution < 1.29 is 19.8 Å². The van der Waals surface area contributed by atoms with Gasteiger partial charge in [0.05, 0.1) is 17.7 Å². The van der Waals surface area contributed by atoms with Crippen LogP contribution in [-0.4, -0.2) is 56.4 Å². The summed E-state index contributed by atoms with van der Waals surface area (Å²) in [6, 6.07) is 0. The van der Waals surface area contributed by atoms with Crippen molar-refractivity contribution >= 4 is 11.9 Å². The topological polar surface area (TPSA) is 107 Å². The van der Waals surface area contributed by atoms with E-state index in [1.165, 1.54) is 0 Å².